The lowest BCUT2D eigenvalue weighted by atomic mass is 9.49. The third-order valence-electron chi connectivity index (χ3n) is 6.40. The van der Waals surface area contributed by atoms with E-state index in [-0.39, 0.29) is 11.4 Å². The number of carbonyl (C=O) groups is 2. The Labute approximate surface area is 154 Å². The van der Waals surface area contributed by atoms with Crippen LogP contribution in [0.4, 0.5) is 0 Å². The number of carbonyl (C=O) groups excluding carboxylic acids is 2. The molecule has 4 nitrogen and oxygen atoms in total. The number of hydrogen-bond acceptors (Lipinski definition) is 4. The minimum absolute atomic E-state index is 0.204. The molecule has 0 unspecified atom stereocenters. The lowest BCUT2D eigenvalue weighted by Crippen LogP contribution is -2.51. The highest BCUT2D eigenvalue weighted by Gasteiger charge is 2.56. The summed E-state index contributed by atoms with van der Waals surface area (Å²) in [7, 11) is 1.32. The minimum Gasteiger partial charge on any atom is -0.466 e. The van der Waals surface area contributed by atoms with E-state index in [2.05, 4.69) is 0 Å². The molecule has 1 atom stereocenters. The van der Waals surface area contributed by atoms with Gasteiger partial charge in [0.15, 0.2) is 0 Å². The van der Waals surface area contributed by atoms with Crippen LogP contribution in [0.25, 0.3) is 6.08 Å². The molecule has 26 heavy (non-hydrogen) atoms. The Balaban J connectivity index is 1.50. The topological polar surface area (TPSA) is 52.6 Å². The number of rotatable bonds is 5. The van der Waals surface area contributed by atoms with Gasteiger partial charge >= 0.3 is 11.9 Å². The van der Waals surface area contributed by atoms with Gasteiger partial charge in [0, 0.05) is 0 Å². The first kappa shape index (κ1) is 17.3. The molecule has 4 bridgehead atoms. The van der Waals surface area contributed by atoms with Gasteiger partial charge in [0.1, 0.15) is 0 Å². The number of hydrogen-bond donors (Lipinski definition) is 0. The number of ether oxygens (including phenoxy) is 2. The molecule has 4 saturated carbocycles. The number of methoxy groups -OCH3 is 1. The first-order chi connectivity index (χ1) is 12.6. The first-order valence-corrected chi connectivity index (χ1v) is 9.60. The van der Waals surface area contributed by atoms with Crippen LogP contribution in [0.3, 0.4) is 0 Å². The predicted octanol–water partition coefficient (Wildman–Crippen LogP) is 4.00. The highest BCUT2D eigenvalue weighted by molar-refractivity contribution is 5.84. The summed E-state index contributed by atoms with van der Waals surface area (Å²) in [6.07, 6.45) is 9.01. The second-order valence-corrected chi connectivity index (χ2v) is 8.32. The molecule has 0 aliphatic heterocycles. The van der Waals surface area contributed by atoms with Crippen molar-refractivity contribution in [2.24, 2.45) is 23.2 Å². The van der Waals surface area contributed by atoms with Crippen molar-refractivity contribution < 1.29 is 19.1 Å². The van der Waals surface area contributed by atoms with Gasteiger partial charge in [-0.05, 0) is 67.9 Å². The lowest BCUT2D eigenvalue weighted by molar-refractivity contribution is -0.181. The highest BCUT2D eigenvalue weighted by Crippen LogP contribution is 2.60. The molecule has 0 spiro atoms. The molecule has 4 aliphatic rings. The normalized spacial score (nSPS) is 33.2. The molecule has 0 heterocycles. The van der Waals surface area contributed by atoms with Crippen LogP contribution in [0.2, 0.25) is 0 Å². The predicted molar refractivity (Wildman–Crippen MR) is 98.0 cm³/mol. The van der Waals surface area contributed by atoms with Crippen molar-refractivity contribution in [3.05, 3.63) is 42.0 Å². The Hall–Kier alpha value is -2.10. The average molecular weight is 354 g/mol. The molecule has 4 aliphatic carbocycles. The number of benzene rings is 1. The summed E-state index contributed by atoms with van der Waals surface area (Å²) in [6, 6.07) is 9.65. The smallest absolute Gasteiger partial charge is 0.351 e. The molecule has 0 radical (unpaired) electrons. The minimum atomic E-state index is -0.985. The van der Waals surface area contributed by atoms with E-state index in [1.54, 1.807) is 12.2 Å². The molecule has 0 amide bonds. The molecule has 0 saturated heterocycles. The maximum atomic E-state index is 13.1. The van der Waals surface area contributed by atoms with Crippen molar-refractivity contribution in [1.82, 2.24) is 0 Å². The fraction of sp³-hybridized carbons (Fsp3) is 0.545. The molecule has 1 aromatic rings. The Morgan fingerprint density at radius 1 is 1.04 bits per heavy atom. The Kier molecular flexibility index (Phi) is 4.60. The van der Waals surface area contributed by atoms with Crippen molar-refractivity contribution in [1.29, 1.82) is 0 Å². The zero-order valence-corrected chi connectivity index (χ0v) is 15.2. The van der Waals surface area contributed by atoms with Crippen molar-refractivity contribution in [2.45, 2.75) is 44.6 Å². The second-order valence-electron chi connectivity index (χ2n) is 8.32. The number of esters is 2. The van der Waals surface area contributed by atoms with Gasteiger partial charge in [0.25, 0.3) is 0 Å². The maximum Gasteiger partial charge on any atom is 0.351 e. The van der Waals surface area contributed by atoms with Crippen LogP contribution in [-0.4, -0.2) is 25.2 Å². The molecule has 138 valence electrons. The molecule has 4 heteroatoms. The fourth-order valence-corrected chi connectivity index (χ4v) is 5.65. The summed E-state index contributed by atoms with van der Waals surface area (Å²) in [6.45, 7) is 0. The van der Waals surface area contributed by atoms with Crippen LogP contribution in [0.1, 0.15) is 44.1 Å². The van der Waals surface area contributed by atoms with E-state index in [0.717, 1.165) is 24.8 Å². The molecular formula is C22H26O4. The van der Waals surface area contributed by atoms with Gasteiger partial charge in [-0.2, -0.15) is 0 Å². The zero-order chi connectivity index (χ0) is 18.1. The van der Waals surface area contributed by atoms with E-state index in [0.29, 0.717) is 17.8 Å². The first-order valence-electron chi connectivity index (χ1n) is 9.60. The molecule has 1 aromatic carbocycles. The van der Waals surface area contributed by atoms with Gasteiger partial charge in [-0.25, -0.2) is 4.79 Å². The highest BCUT2D eigenvalue weighted by atomic mass is 16.6. The van der Waals surface area contributed by atoms with E-state index in [1.165, 1.54) is 26.4 Å². The lowest BCUT2D eigenvalue weighted by Gasteiger charge is -2.55. The van der Waals surface area contributed by atoms with Crippen molar-refractivity contribution in [3.63, 3.8) is 0 Å². The summed E-state index contributed by atoms with van der Waals surface area (Å²) < 4.78 is 10.6. The van der Waals surface area contributed by atoms with Gasteiger partial charge in [-0.1, -0.05) is 36.4 Å². The zero-order valence-electron chi connectivity index (χ0n) is 15.2. The Morgan fingerprint density at radius 2 is 1.62 bits per heavy atom. The maximum absolute atomic E-state index is 13.1. The van der Waals surface area contributed by atoms with Crippen molar-refractivity contribution in [2.75, 3.05) is 7.11 Å². The van der Waals surface area contributed by atoms with E-state index in [4.69, 9.17) is 9.47 Å². The largest absolute Gasteiger partial charge is 0.466 e. The Morgan fingerprint density at radius 3 is 2.15 bits per heavy atom. The van der Waals surface area contributed by atoms with Crippen molar-refractivity contribution in [3.8, 4) is 0 Å². The Bertz CT molecular complexity index is 671. The van der Waals surface area contributed by atoms with Gasteiger partial charge in [0.05, 0.1) is 12.5 Å². The van der Waals surface area contributed by atoms with Crippen LogP contribution in [-0.2, 0) is 19.1 Å². The van der Waals surface area contributed by atoms with Gasteiger partial charge < -0.3 is 9.47 Å². The summed E-state index contributed by atoms with van der Waals surface area (Å²) in [5.41, 5.74) is 0.578. The van der Waals surface area contributed by atoms with Crippen LogP contribution in [0, 0.1) is 23.2 Å². The van der Waals surface area contributed by atoms with E-state index in [1.807, 2.05) is 30.3 Å². The third-order valence-corrected chi connectivity index (χ3v) is 6.40. The van der Waals surface area contributed by atoms with E-state index < -0.39 is 12.1 Å². The summed E-state index contributed by atoms with van der Waals surface area (Å²) >= 11 is 0. The van der Waals surface area contributed by atoms with E-state index >= 15 is 0 Å². The SMILES string of the molecule is COC(=O)[C@@H](/C=C/c1ccccc1)OC(=O)C12CC3CC(CC(C3)C1)C2. The molecular weight excluding hydrogens is 328 g/mol. The quantitative estimate of drug-likeness (QED) is 0.750. The summed E-state index contributed by atoms with van der Waals surface area (Å²) in [5, 5.41) is 0. The van der Waals surface area contributed by atoms with Gasteiger partial charge in [-0.15, -0.1) is 0 Å². The van der Waals surface area contributed by atoms with E-state index in [9.17, 15) is 9.59 Å². The monoisotopic (exact) mass is 354 g/mol. The molecule has 4 fully saturated rings. The van der Waals surface area contributed by atoms with Crippen molar-refractivity contribution >= 4 is 18.0 Å². The van der Waals surface area contributed by atoms with Crippen LogP contribution < -0.4 is 0 Å². The third kappa shape index (κ3) is 3.29. The average Bonchev–Trinajstić information content (AvgIpc) is 2.64. The standard InChI is InChI=1S/C22H26O4/c1-25-20(23)19(8-7-15-5-3-2-4-6-15)26-21(24)22-12-16-9-17(13-22)11-18(10-16)14-22/h2-8,16-19H,9-14H2,1H3/b8-7+/t16?,17?,18?,19-,22?/m1/s1. The van der Waals surface area contributed by atoms with Crippen LogP contribution >= 0.6 is 0 Å². The van der Waals surface area contributed by atoms with Gasteiger partial charge in [-0.3, -0.25) is 4.79 Å². The molecule has 5 rings (SSSR count). The van der Waals surface area contributed by atoms with Crippen LogP contribution in [0.15, 0.2) is 36.4 Å². The summed E-state index contributed by atoms with van der Waals surface area (Å²) in [5.74, 6) is 1.24. The second kappa shape index (κ2) is 6.90. The molecule has 0 aromatic heterocycles. The molecule has 0 N–H and O–H groups in total. The fourth-order valence-electron chi connectivity index (χ4n) is 5.65. The van der Waals surface area contributed by atoms with Gasteiger partial charge in [0.2, 0.25) is 6.10 Å². The van der Waals surface area contributed by atoms with Crippen LogP contribution in [0.5, 0.6) is 0 Å². The summed E-state index contributed by atoms with van der Waals surface area (Å²) in [4.78, 5) is 25.2.